The van der Waals surface area contributed by atoms with Crippen molar-refractivity contribution in [3.05, 3.63) is 86.5 Å². The maximum absolute atomic E-state index is 11.5. The van der Waals surface area contributed by atoms with Crippen LogP contribution >= 0.6 is 0 Å². The van der Waals surface area contributed by atoms with Gasteiger partial charge in [-0.05, 0) is 120 Å². The quantitative estimate of drug-likeness (QED) is 0.160. The topological polar surface area (TPSA) is 70.4 Å². The van der Waals surface area contributed by atoms with Gasteiger partial charge in [0.05, 0.1) is 0 Å². The van der Waals surface area contributed by atoms with E-state index >= 15 is 0 Å². The fraction of sp³-hybridized carbons (Fsp3) is 0.526. The molecule has 0 heterocycles. The van der Waals surface area contributed by atoms with E-state index in [-0.39, 0.29) is 0 Å². The standard InChI is InChI=1S/C38H57N3O3/c1-11-14-26-17-32(18-27(15-12-2)35(26)42)38(4,33-19-28(16-13-3)36(43)29(20-33)23-39(5)6)34-21-30(24-40(7)8)37(44)31(22-34)25-41(9)10/h17-22,42-44H,11-16,23-25H2,1-10H3. The molecule has 3 aromatic rings. The van der Waals surface area contributed by atoms with Crippen LogP contribution in [-0.4, -0.2) is 72.3 Å². The SMILES string of the molecule is CCCc1cc(C(C)(c2cc(CCC)c(O)c(CN(C)C)c2)c2cc(CN(C)C)c(O)c(CN(C)C)c2)cc(CCC)c1O. The number of benzene rings is 3. The Kier molecular flexibility index (Phi) is 12.3. The second-order valence-corrected chi connectivity index (χ2v) is 13.5. The molecule has 6 heteroatoms. The maximum Gasteiger partial charge on any atom is 0.124 e. The van der Waals surface area contributed by atoms with Crippen LogP contribution in [0.5, 0.6) is 17.2 Å². The molecular formula is C38H57N3O3. The highest BCUT2D eigenvalue weighted by Gasteiger charge is 2.35. The molecule has 44 heavy (non-hydrogen) atoms. The van der Waals surface area contributed by atoms with Crippen molar-refractivity contribution >= 4 is 0 Å². The number of hydrogen-bond acceptors (Lipinski definition) is 6. The largest absolute Gasteiger partial charge is 0.507 e. The van der Waals surface area contributed by atoms with Crippen LogP contribution in [0.2, 0.25) is 0 Å². The van der Waals surface area contributed by atoms with E-state index in [1.165, 1.54) is 0 Å². The molecule has 0 fully saturated rings. The molecule has 0 amide bonds. The summed E-state index contributed by atoms with van der Waals surface area (Å²) in [4.78, 5) is 6.27. The Labute approximate surface area is 267 Å². The Morgan fingerprint density at radius 1 is 0.455 bits per heavy atom. The van der Waals surface area contributed by atoms with Crippen LogP contribution in [0.15, 0.2) is 36.4 Å². The van der Waals surface area contributed by atoms with Crippen molar-refractivity contribution in [2.24, 2.45) is 0 Å². The van der Waals surface area contributed by atoms with E-state index in [0.29, 0.717) is 36.9 Å². The van der Waals surface area contributed by atoms with Gasteiger partial charge < -0.3 is 30.0 Å². The molecule has 6 nitrogen and oxygen atoms in total. The lowest BCUT2D eigenvalue weighted by atomic mass is 9.68. The Bertz CT molecular complexity index is 1350. The first-order valence-corrected chi connectivity index (χ1v) is 16.3. The van der Waals surface area contributed by atoms with E-state index in [4.69, 9.17) is 0 Å². The van der Waals surface area contributed by atoms with Gasteiger partial charge in [-0.1, -0.05) is 58.2 Å². The lowest BCUT2D eigenvalue weighted by Crippen LogP contribution is -2.28. The summed E-state index contributed by atoms with van der Waals surface area (Å²) in [5.41, 5.74) is 8.25. The van der Waals surface area contributed by atoms with Crippen molar-refractivity contribution in [1.82, 2.24) is 14.7 Å². The fourth-order valence-corrected chi connectivity index (χ4v) is 6.41. The third-order valence-corrected chi connectivity index (χ3v) is 8.55. The molecule has 0 aromatic heterocycles. The normalized spacial score (nSPS) is 13.3. The fourth-order valence-electron chi connectivity index (χ4n) is 6.41. The Balaban J connectivity index is 2.54. The van der Waals surface area contributed by atoms with Crippen LogP contribution in [0.1, 0.15) is 97.0 Å². The van der Waals surface area contributed by atoms with Crippen LogP contribution < -0.4 is 0 Å². The molecule has 1 unspecified atom stereocenters. The minimum absolute atomic E-state index is 0.341. The zero-order valence-electron chi connectivity index (χ0n) is 29.0. The van der Waals surface area contributed by atoms with E-state index in [0.717, 1.165) is 88.6 Å². The second-order valence-electron chi connectivity index (χ2n) is 13.5. The van der Waals surface area contributed by atoms with Gasteiger partial charge in [0, 0.05) is 41.7 Å². The van der Waals surface area contributed by atoms with Gasteiger partial charge in [0.15, 0.2) is 0 Å². The molecular weight excluding hydrogens is 546 g/mol. The lowest BCUT2D eigenvalue weighted by molar-refractivity contribution is 0.367. The van der Waals surface area contributed by atoms with E-state index in [1.807, 2.05) is 42.3 Å². The highest BCUT2D eigenvalue weighted by Crippen LogP contribution is 2.46. The first kappa shape index (κ1) is 35.4. The minimum atomic E-state index is -0.633. The summed E-state index contributed by atoms with van der Waals surface area (Å²) in [5, 5.41) is 34.2. The van der Waals surface area contributed by atoms with Gasteiger partial charge in [0.25, 0.3) is 0 Å². The summed E-state index contributed by atoms with van der Waals surface area (Å²) in [6.45, 7) is 10.6. The third-order valence-electron chi connectivity index (χ3n) is 8.55. The first-order chi connectivity index (χ1) is 20.8. The van der Waals surface area contributed by atoms with Gasteiger partial charge in [-0.15, -0.1) is 0 Å². The van der Waals surface area contributed by atoms with Crippen LogP contribution in [0.4, 0.5) is 0 Å². The predicted molar refractivity (Wildman–Crippen MR) is 184 cm³/mol. The number of hydrogen-bond donors (Lipinski definition) is 3. The van der Waals surface area contributed by atoms with Gasteiger partial charge >= 0.3 is 0 Å². The minimum Gasteiger partial charge on any atom is -0.507 e. The molecule has 0 spiro atoms. The molecule has 242 valence electrons. The smallest absolute Gasteiger partial charge is 0.124 e. The highest BCUT2D eigenvalue weighted by molar-refractivity contribution is 5.60. The number of nitrogens with zero attached hydrogens (tertiary/aromatic N) is 3. The summed E-state index contributed by atoms with van der Waals surface area (Å²) in [6.07, 6.45) is 5.16. The Hall–Kier alpha value is -3.06. The molecule has 0 aliphatic rings. The molecule has 0 aliphatic heterocycles. The summed E-state index contributed by atoms with van der Waals surface area (Å²) < 4.78 is 0. The summed E-state index contributed by atoms with van der Waals surface area (Å²) >= 11 is 0. The van der Waals surface area contributed by atoms with Crippen LogP contribution in [0.3, 0.4) is 0 Å². The first-order valence-electron chi connectivity index (χ1n) is 16.3. The van der Waals surface area contributed by atoms with Gasteiger partial charge in [-0.2, -0.15) is 0 Å². The molecule has 3 N–H and O–H groups in total. The van der Waals surface area contributed by atoms with Gasteiger partial charge in [0.1, 0.15) is 17.2 Å². The van der Waals surface area contributed by atoms with Crippen LogP contribution in [-0.2, 0) is 44.3 Å². The Morgan fingerprint density at radius 3 is 0.932 bits per heavy atom. The number of aromatic hydroxyl groups is 3. The summed E-state index contributed by atoms with van der Waals surface area (Å²) in [6, 6.07) is 13.1. The van der Waals surface area contributed by atoms with Crippen LogP contribution in [0.25, 0.3) is 0 Å². The molecule has 0 saturated heterocycles. The predicted octanol–water partition coefficient (Wildman–Crippen LogP) is 7.20. The average molecular weight is 604 g/mol. The number of phenols is 3. The molecule has 0 radical (unpaired) electrons. The zero-order valence-corrected chi connectivity index (χ0v) is 29.0. The van der Waals surface area contributed by atoms with E-state index in [2.05, 4.69) is 78.8 Å². The maximum atomic E-state index is 11.5. The lowest BCUT2D eigenvalue weighted by Gasteiger charge is -2.35. The molecule has 0 aliphatic carbocycles. The van der Waals surface area contributed by atoms with E-state index < -0.39 is 5.41 Å². The number of aryl methyl sites for hydroxylation is 3. The number of phenolic OH excluding ortho intramolecular Hbond substituents is 3. The Morgan fingerprint density at radius 2 is 0.682 bits per heavy atom. The van der Waals surface area contributed by atoms with Crippen molar-refractivity contribution < 1.29 is 15.3 Å². The highest BCUT2D eigenvalue weighted by atomic mass is 16.3. The van der Waals surface area contributed by atoms with E-state index in [9.17, 15) is 15.3 Å². The van der Waals surface area contributed by atoms with Crippen molar-refractivity contribution in [2.75, 3.05) is 42.3 Å². The third kappa shape index (κ3) is 7.96. The van der Waals surface area contributed by atoms with Gasteiger partial charge in [-0.3, -0.25) is 0 Å². The molecule has 3 aromatic carbocycles. The molecule has 0 bridgehead atoms. The average Bonchev–Trinajstić information content (AvgIpc) is 2.94. The molecule has 1 atom stereocenters. The van der Waals surface area contributed by atoms with Crippen LogP contribution in [0, 0.1) is 0 Å². The monoisotopic (exact) mass is 603 g/mol. The molecule has 3 rings (SSSR count). The van der Waals surface area contributed by atoms with Gasteiger partial charge in [-0.25, -0.2) is 0 Å². The summed E-state index contributed by atoms with van der Waals surface area (Å²) in [7, 11) is 12.1. The van der Waals surface area contributed by atoms with E-state index in [1.54, 1.807) is 0 Å². The zero-order chi connectivity index (χ0) is 32.8. The molecule has 0 saturated carbocycles. The van der Waals surface area contributed by atoms with Crippen molar-refractivity contribution in [3.63, 3.8) is 0 Å². The second kappa shape index (κ2) is 15.3. The van der Waals surface area contributed by atoms with Crippen molar-refractivity contribution in [1.29, 1.82) is 0 Å². The van der Waals surface area contributed by atoms with Gasteiger partial charge in [0.2, 0.25) is 0 Å². The van der Waals surface area contributed by atoms with Crippen molar-refractivity contribution in [2.45, 2.75) is 91.3 Å². The summed E-state index contributed by atoms with van der Waals surface area (Å²) in [5.74, 6) is 1.13. The van der Waals surface area contributed by atoms with Crippen molar-refractivity contribution in [3.8, 4) is 17.2 Å². The number of rotatable bonds is 15.